The Balaban J connectivity index is 1.46. The van der Waals surface area contributed by atoms with E-state index in [-0.39, 0.29) is 5.92 Å². The number of aliphatic imine (C=N–C) groups is 1. The molecular formula is C46H35N. The molecule has 0 saturated heterocycles. The third-order valence-electron chi connectivity index (χ3n) is 9.15. The topological polar surface area (TPSA) is 12.4 Å². The monoisotopic (exact) mass is 601 g/mol. The molecule has 0 bridgehead atoms. The Morgan fingerprint density at radius 3 is 1.83 bits per heavy atom. The van der Waals surface area contributed by atoms with E-state index in [4.69, 9.17) is 11.4 Å². The highest BCUT2D eigenvalue weighted by atomic mass is 14.8. The van der Waals surface area contributed by atoms with E-state index in [1.807, 2.05) is 25.2 Å². The van der Waals surface area contributed by atoms with Gasteiger partial charge in [-0.15, -0.1) is 12.2 Å². The third kappa shape index (κ3) is 5.26. The first-order valence-electron chi connectivity index (χ1n) is 16.1. The summed E-state index contributed by atoms with van der Waals surface area (Å²) in [6.45, 7) is 8.15. The fourth-order valence-electron chi connectivity index (χ4n) is 6.95. The summed E-state index contributed by atoms with van der Waals surface area (Å²) >= 11 is 0. The first kappa shape index (κ1) is 29.8. The molecule has 0 aromatic heterocycles. The minimum Gasteiger partial charge on any atom is -0.252 e. The van der Waals surface area contributed by atoms with Crippen molar-refractivity contribution < 1.29 is 0 Å². The number of hydrogen-bond acceptors (Lipinski definition) is 1. The molecule has 0 aliphatic carbocycles. The third-order valence-corrected chi connectivity index (χ3v) is 9.15. The number of rotatable bonds is 6. The molecule has 0 amide bonds. The highest BCUT2D eigenvalue weighted by Crippen LogP contribution is 2.46. The minimum absolute atomic E-state index is 0.191. The maximum Gasteiger partial charge on any atom is 0.0672 e. The maximum absolute atomic E-state index is 5.95. The second-order valence-electron chi connectivity index (χ2n) is 11.9. The molecule has 0 fully saturated rings. The molecule has 1 aliphatic rings. The second kappa shape index (κ2) is 12.8. The van der Waals surface area contributed by atoms with Crippen LogP contribution in [0.2, 0.25) is 0 Å². The largest absolute Gasteiger partial charge is 0.252 e. The highest BCUT2D eigenvalue weighted by molar-refractivity contribution is 6.24. The van der Waals surface area contributed by atoms with E-state index in [2.05, 4.69) is 146 Å². The molecule has 6 aromatic carbocycles. The lowest BCUT2D eigenvalue weighted by molar-refractivity contribution is 0.781. The Morgan fingerprint density at radius 2 is 1.26 bits per heavy atom. The van der Waals surface area contributed by atoms with E-state index in [1.165, 1.54) is 54.6 Å². The Kier molecular flexibility index (Phi) is 8.12. The van der Waals surface area contributed by atoms with E-state index in [0.29, 0.717) is 0 Å². The number of fused-ring (bicyclic) bond motifs is 3. The number of hydrogen-bond donors (Lipinski definition) is 0. The zero-order valence-corrected chi connectivity index (χ0v) is 26.8. The predicted octanol–water partition coefficient (Wildman–Crippen LogP) is 12.1. The lowest BCUT2D eigenvalue weighted by atomic mass is 9.83. The molecular weight excluding hydrogens is 567 g/mol. The van der Waals surface area contributed by atoms with E-state index < -0.39 is 0 Å². The number of allylic oxidation sites excluding steroid dienone is 6. The van der Waals surface area contributed by atoms with E-state index in [9.17, 15) is 0 Å². The SMILES string of the molecule is C#C/C(=C/C=C\C)C(=C=C)C1=NC(c2ccc(-c3c4ccccc4c(-c4ccccc4)c4ccccc34)c3ccccc23)=CCC1C. The van der Waals surface area contributed by atoms with Gasteiger partial charge in [0.25, 0.3) is 0 Å². The molecule has 6 aromatic rings. The van der Waals surface area contributed by atoms with Gasteiger partial charge in [0.2, 0.25) is 0 Å². The van der Waals surface area contributed by atoms with Crippen molar-refractivity contribution in [1.82, 2.24) is 0 Å². The van der Waals surface area contributed by atoms with Crippen LogP contribution in [-0.4, -0.2) is 5.71 Å². The van der Waals surface area contributed by atoms with Crippen molar-refractivity contribution in [1.29, 1.82) is 0 Å². The molecule has 0 spiro atoms. The van der Waals surface area contributed by atoms with Crippen LogP contribution in [0.3, 0.4) is 0 Å². The van der Waals surface area contributed by atoms with Crippen LogP contribution in [0.15, 0.2) is 168 Å². The molecule has 1 atom stereocenters. The molecule has 1 aliphatic heterocycles. The molecule has 1 heteroatoms. The van der Waals surface area contributed by atoms with Crippen LogP contribution in [0.1, 0.15) is 25.8 Å². The summed E-state index contributed by atoms with van der Waals surface area (Å²) in [6, 6.07) is 41.6. The Morgan fingerprint density at radius 1 is 0.723 bits per heavy atom. The molecule has 0 saturated carbocycles. The summed E-state index contributed by atoms with van der Waals surface area (Å²) in [5.41, 5.74) is 12.6. The van der Waals surface area contributed by atoms with Crippen LogP contribution in [0.4, 0.5) is 0 Å². The van der Waals surface area contributed by atoms with Crippen LogP contribution in [0, 0.1) is 18.3 Å². The fraction of sp³-hybridized carbons (Fsp3) is 0.0870. The molecule has 0 N–H and O–H groups in total. The zero-order chi connectivity index (χ0) is 32.3. The average molecular weight is 602 g/mol. The lowest BCUT2D eigenvalue weighted by Crippen LogP contribution is -2.17. The van der Waals surface area contributed by atoms with Gasteiger partial charge in [-0.1, -0.05) is 153 Å². The number of nitrogens with zero attached hydrogens (tertiary/aromatic N) is 1. The first-order chi connectivity index (χ1) is 23.1. The van der Waals surface area contributed by atoms with Gasteiger partial charge >= 0.3 is 0 Å². The quantitative estimate of drug-likeness (QED) is 0.0779. The lowest BCUT2D eigenvalue weighted by Gasteiger charge is -2.22. The van der Waals surface area contributed by atoms with Gasteiger partial charge in [0, 0.05) is 17.1 Å². The fourth-order valence-corrected chi connectivity index (χ4v) is 6.95. The average Bonchev–Trinajstić information content (AvgIpc) is 3.13. The summed E-state index contributed by atoms with van der Waals surface area (Å²) in [5.74, 6) is 3.02. The van der Waals surface area contributed by atoms with Gasteiger partial charge in [-0.05, 0) is 74.0 Å². The highest BCUT2D eigenvalue weighted by Gasteiger charge is 2.24. The Hall–Kier alpha value is -5.93. The van der Waals surface area contributed by atoms with Crippen LogP contribution < -0.4 is 0 Å². The molecule has 224 valence electrons. The van der Waals surface area contributed by atoms with E-state index in [0.717, 1.165) is 34.5 Å². The standard InChI is InChI=1S/C46H35N/c1-5-8-18-32(6-2)34(7-3)46-31(4)27-30-43(47-46)37-28-29-42(36-22-13-12-21-35(36)37)45-40-25-16-14-23-38(40)44(33-19-10-9-11-20-33)39-24-15-17-26-41(39)45/h2,5,8-26,28-31H,3,27H2,1,4H3/b8-5-,32-18-. The number of benzene rings is 6. The smallest absolute Gasteiger partial charge is 0.0672 e. The van der Waals surface area contributed by atoms with Crippen LogP contribution in [-0.2, 0) is 0 Å². The van der Waals surface area contributed by atoms with E-state index in [1.54, 1.807) is 0 Å². The van der Waals surface area contributed by atoms with Crippen molar-refractivity contribution >= 4 is 43.7 Å². The van der Waals surface area contributed by atoms with Crippen LogP contribution in [0.25, 0.3) is 60.3 Å². The van der Waals surface area contributed by atoms with Gasteiger partial charge in [-0.3, -0.25) is 4.99 Å². The molecule has 1 nitrogen and oxygen atoms in total. The van der Waals surface area contributed by atoms with Gasteiger partial charge in [-0.2, -0.15) is 0 Å². The van der Waals surface area contributed by atoms with Gasteiger partial charge in [0.1, 0.15) is 0 Å². The molecule has 7 rings (SSSR count). The summed E-state index contributed by atoms with van der Waals surface area (Å²) in [5, 5.41) is 7.34. The maximum atomic E-state index is 5.95. The van der Waals surface area contributed by atoms with Crippen molar-refractivity contribution in [2.24, 2.45) is 10.9 Å². The summed E-state index contributed by atoms with van der Waals surface area (Å²) in [7, 11) is 0. The minimum atomic E-state index is 0.191. The van der Waals surface area contributed by atoms with Gasteiger partial charge < -0.3 is 0 Å². The Labute approximate surface area is 277 Å². The van der Waals surface area contributed by atoms with Crippen LogP contribution >= 0.6 is 0 Å². The van der Waals surface area contributed by atoms with Gasteiger partial charge in [0.05, 0.1) is 17.0 Å². The normalized spacial score (nSPS) is 15.0. The van der Waals surface area contributed by atoms with Crippen molar-refractivity contribution in [2.45, 2.75) is 20.3 Å². The molecule has 1 unspecified atom stereocenters. The van der Waals surface area contributed by atoms with Crippen molar-refractivity contribution in [3.63, 3.8) is 0 Å². The molecule has 47 heavy (non-hydrogen) atoms. The van der Waals surface area contributed by atoms with Crippen molar-refractivity contribution in [2.75, 3.05) is 0 Å². The molecule has 1 heterocycles. The summed E-state index contributed by atoms with van der Waals surface area (Å²) < 4.78 is 0. The number of terminal acetylenes is 1. The first-order valence-corrected chi connectivity index (χ1v) is 16.1. The molecule has 0 radical (unpaired) electrons. The van der Waals surface area contributed by atoms with Crippen LogP contribution in [0.5, 0.6) is 0 Å². The van der Waals surface area contributed by atoms with Crippen molar-refractivity contribution in [3.8, 4) is 34.6 Å². The summed E-state index contributed by atoms with van der Waals surface area (Å²) in [4.78, 5) is 5.26. The van der Waals surface area contributed by atoms with Gasteiger partial charge in [-0.25, -0.2) is 0 Å². The predicted molar refractivity (Wildman–Crippen MR) is 203 cm³/mol. The second-order valence-corrected chi connectivity index (χ2v) is 11.9. The van der Waals surface area contributed by atoms with E-state index >= 15 is 0 Å². The Bertz CT molecular complexity index is 2340. The van der Waals surface area contributed by atoms with Crippen molar-refractivity contribution in [3.05, 3.63) is 169 Å². The summed E-state index contributed by atoms with van der Waals surface area (Å²) in [6.07, 6.45) is 14.9. The van der Waals surface area contributed by atoms with Gasteiger partial charge in [0.15, 0.2) is 0 Å². The zero-order valence-electron chi connectivity index (χ0n) is 26.8.